The Morgan fingerprint density at radius 1 is 1.67 bits per heavy atom. The molecule has 1 rings (SSSR count). The van der Waals surface area contributed by atoms with Gasteiger partial charge in [0.2, 0.25) is 5.91 Å². The molecule has 0 aromatic carbocycles. The summed E-state index contributed by atoms with van der Waals surface area (Å²) in [5.41, 5.74) is 0. The zero-order valence-corrected chi connectivity index (χ0v) is 9.46. The zero-order chi connectivity index (χ0) is 11.1. The van der Waals surface area contributed by atoms with E-state index < -0.39 is 0 Å². The molecule has 1 fully saturated rings. The normalized spacial score (nSPS) is 23.5. The first-order valence-electron chi connectivity index (χ1n) is 5.83. The van der Waals surface area contributed by atoms with Crippen LogP contribution in [-0.2, 0) is 4.79 Å². The highest BCUT2D eigenvalue weighted by Crippen LogP contribution is 2.13. The molecule has 0 aromatic rings. The minimum atomic E-state index is 0.0825. The lowest BCUT2D eigenvalue weighted by molar-refractivity contribution is -0.122. The second-order valence-corrected chi connectivity index (χ2v) is 4.40. The summed E-state index contributed by atoms with van der Waals surface area (Å²) in [6, 6.07) is 0.0825. The third-order valence-corrected chi connectivity index (χ3v) is 2.84. The summed E-state index contributed by atoms with van der Waals surface area (Å²) in [7, 11) is 0. The van der Waals surface area contributed by atoms with E-state index in [1.54, 1.807) is 0 Å². The number of hydrogen-bond donors (Lipinski definition) is 3. The maximum Gasteiger partial charge on any atom is 0.220 e. The van der Waals surface area contributed by atoms with Gasteiger partial charge in [-0.1, -0.05) is 0 Å². The molecule has 1 heterocycles. The molecule has 4 nitrogen and oxygen atoms in total. The number of carbonyl (C=O) groups is 1. The van der Waals surface area contributed by atoms with E-state index in [0.717, 1.165) is 19.5 Å². The molecule has 0 saturated carbocycles. The Bertz CT molecular complexity index is 191. The van der Waals surface area contributed by atoms with Crippen LogP contribution in [-0.4, -0.2) is 36.8 Å². The summed E-state index contributed by atoms with van der Waals surface area (Å²) < 4.78 is 0. The van der Waals surface area contributed by atoms with Crippen molar-refractivity contribution in [3.8, 4) is 0 Å². The first-order valence-corrected chi connectivity index (χ1v) is 5.83. The third kappa shape index (κ3) is 5.14. The van der Waals surface area contributed by atoms with E-state index in [1.165, 1.54) is 6.42 Å². The van der Waals surface area contributed by atoms with Crippen molar-refractivity contribution < 1.29 is 9.90 Å². The topological polar surface area (TPSA) is 61.4 Å². The van der Waals surface area contributed by atoms with Crippen LogP contribution in [0.25, 0.3) is 0 Å². The van der Waals surface area contributed by atoms with Crippen molar-refractivity contribution in [3.05, 3.63) is 0 Å². The average Bonchev–Trinajstić information content (AvgIpc) is 2.19. The van der Waals surface area contributed by atoms with Crippen LogP contribution >= 0.6 is 0 Å². The Hall–Kier alpha value is -0.610. The van der Waals surface area contributed by atoms with Gasteiger partial charge in [-0.3, -0.25) is 4.79 Å². The van der Waals surface area contributed by atoms with Gasteiger partial charge in [-0.15, -0.1) is 0 Å². The molecule has 0 aliphatic carbocycles. The highest BCUT2D eigenvalue weighted by Gasteiger charge is 2.17. The fourth-order valence-corrected chi connectivity index (χ4v) is 1.96. The van der Waals surface area contributed by atoms with Crippen LogP contribution in [0.1, 0.15) is 32.6 Å². The summed E-state index contributed by atoms with van der Waals surface area (Å²) in [5, 5.41) is 14.9. The average molecular weight is 214 g/mol. The minimum absolute atomic E-state index is 0.0825. The maximum absolute atomic E-state index is 11.6. The predicted molar refractivity (Wildman–Crippen MR) is 59.5 cm³/mol. The minimum Gasteiger partial charge on any atom is -0.396 e. The summed E-state index contributed by atoms with van der Waals surface area (Å²) in [4.78, 5) is 11.6. The van der Waals surface area contributed by atoms with E-state index in [4.69, 9.17) is 5.11 Å². The van der Waals surface area contributed by atoms with E-state index in [-0.39, 0.29) is 18.6 Å². The lowest BCUT2D eigenvalue weighted by Crippen LogP contribution is -2.37. The van der Waals surface area contributed by atoms with Crippen LogP contribution in [0.3, 0.4) is 0 Å². The van der Waals surface area contributed by atoms with Crippen molar-refractivity contribution in [3.63, 3.8) is 0 Å². The quantitative estimate of drug-likeness (QED) is 0.615. The van der Waals surface area contributed by atoms with Crippen molar-refractivity contribution in [2.75, 3.05) is 19.7 Å². The van der Waals surface area contributed by atoms with Gasteiger partial charge in [-0.25, -0.2) is 0 Å². The molecule has 0 aromatic heterocycles. The molecule has 2 atom stereocenters. The standard InChI is InChI=1S/C11H22N2O2/c1-9(4-6-14)13-11(15)7-10-3-2-5-12-8-10/h9-10,12,14H,2-8H2,1H3,(H,13,15). The first kappa shape index (κ1) is 12.5. The fourth-order valence-electron chi connectivity index (χ4n) is 1.96. The highest BCUT2D eigenvalue weighted by atomic mass is 16.3. The summed E-state index contributed by atoms with van der Waals surface area (Å²) in [6.07, 6.45) is 3.57. The molecule has 1 saturated heterocycles. The lowest BCUT2D eigenvalue weighted by atomic mass is 9.96. The van der Waals surface area contributed by atoms with Gasteiger partial charge in [-0.05, 0) is 45.2 Å². The number of piperidine rings is 1. The van der Waals surface area contributed by atoms with Gasteiger partial charge in [0.15, 0.2) is 0 Å². The van der Waals surface area contributed by atoms with Crippen LogP contribution < -0.4 is 10.6 Å². The molecule has 4 heteroatoms. The van der Waals surface area contributed by atoms with Gasteiger partial charge in [0.05, 0.1) is 0 Å². The van der Waals surface area contributed by atoms with Gasteiger partial charge in [-0.2, -0.15) is 0 Å². The van der Waals surface area contributed by atoms with Crippen LogP contribution in [0.5, 0.6) is 0 Å². The molecule has 3 N–H and O–H groups in total. The Morgan fingerprint density at radius 2 is 2.47 bits per heavy atom. The smallest absolute Gasteiger partial charge is 0.220 e. The van der Waals surface area contributed by atoms with E-state index >= 15 is 0 Å². The molecule has 1 aliphatic rings. The van der Waals surface area contributed by atoms with Gasteiger partial charge in [0.1, 0.15) is 0 Å². The Kier molecular flexibility index (Phi) is 5.65. The Balaban J connectivity index is 2.16. The van der Waals surface area contributed by atoms with E-state index in [0.29, 0.717) is 18.8 Å². The largest absolute Gasteiger partial charge is 0.396 e. The lowest BCUT2D eigenvalue weighted by Gasteiger charge is -2.23. The van der Waals surface area contributed by atoms with Gasteiger partial charge < -0.3 is 15.7 Å². The first-order chi connectivity index (χ1) is 7.22. The summed E-state index contributed by atoms with van der Waals surface area (Å²) in [6.45, 7) is 4.10. The monoisotopic (exact) mass is 214 g/mol. The predicted octanol–water partition coefficient (Wildman–Crippen LogP) is 0.263. The SMILES string of the molecule is CC(CCO)NC(=O)CC1CCCNC1. The van der Waals surface area contributed by atoms with Crippen molar-refractivity contribution in [1.29, 1.82) is 0 Å². The van der Waals surface area contributed by atoms with E-state index in [1.807, 2.05) is 6.92 Å². The number of rotatable bonds is 5. The molecular weight excluding hydrogens is 192 g/mol. The number of carbonyl (C=O) groups excluding carboxylic acids is 1. The third-order valence-electron chi connectivity index (χ3n) is 2.84. The molecule has 1 aliphatic heterocycles. The molecule has 0 bridgehead atoms. The van der Waals surface area contributed by atoms with Crippen molar-refractivity contribution in [2.24, 2.45) is 5.92 Å². The number of hydrogen-bond acceptors (Lipinski definition) is 3. The molecule has 88 valence electrons. The van der Waals surface area contributed by atoms with Crippen molar-refractivity contribution in [1.82, 2.24) is 10.6 Å². The Morgan fingerprint density at radius 3 is 3.07 bits per heavy atom. The second-order valence-electron chi connectivity index (χ2n) is 4.40. The number of nitrogens with one attached hydrogen (secondary N) is 2. The van der Waals surface area contributed by atoms with Gasteiger partial charge in [0.25, 0.3) is 0 Å². The fraction of sp³-hybridized carbons (Fsp3) is 0.909. The van der Waals surface area contributed by atoms with E-state index in [9.17, 15) is 4.79 Å². The second kappa shape index (κ2) is 6.80. The van der Waals surface area contributed by atoms with Gasteiger partial charge in [0, 0.05) is 19.1 Å². The molecule has 0 spiro atoms. The van der Waals surface area contributed by atoms with Crippen molar-refractivity contribution >= 4 is 5.91 Å². The Labute approximate surface area is 91.4 Å². The van der Waals surface area contributed by atoms with Gasteiger partial charge >= 0.3 is 0 Å². The summed E-state index contributed by atoms with van der Waals surface area (Å²) in [5.74, 6) is 0.602. The van der Waals surface area contributed by atoms with Crippen molar-refractivity contribution in [2.45, 2.75) is 38.6 Å². The molecule has 15 heavy (non-hydrogen) atoms. The maximum atomic E-state index is 11.6. The van der Waals surface area contributed by atoms with E-state index in [2.05, 4.69) is 10.6 Å². The van der Waals surface area contributed by atoms with Crippen LogP contribution in [0, 0.1) is 5.92 Å². The number of aliphatic hydroxyl groups is 1. The zero-order valence-electron chi connectivity index (χ0n) is 9.46. The summed E-state index contributed by atoms with van der Waals surface area (Å²) >= 11 is 0. The van der Waals surface area contributed by atoms with Crippen LogP contribution in [0.15, 0.2) is 0 Å². The number of aliphatic hydroxyl groups excluding tert-OH is 1. The number of amides is 1. The highest BCUT2D eigenvalue weighted by molar-refractivity contribution is 5.76. The van der Waals surface area contributed by atoms with Crippen LogP contribution in [0.4, 0.5) is 0 Å². The molecule has 2 unspecified atom stereocenters. The van der Waals surface area contributed by atoms with Crippen LogP contribution in [0.2, 0.25) is 0 Å². The molecule has 0 radical (unpaired) electrons. The molecule has 1 amide bonds. The molecular formula is C11H22N2O2.